The van der Waals surface area contributed by atoms with Gasteiger partial charge in [-0.25, -0.2) is 18.4 Å². The molecule has 1 amide bonds. The number of ether oxygens (including phenoxy) is 2. The van der Waals surface area contributed by atoms with Crippen LogP contribution in [0.15, 0.2) is 46.5 Å². The molecule has 200 valence electrons. The van der Waals surface area contributed by atoms with Gasteiger partial charge in [-0.3, -0.25) is 4.79 Å². The Hall–Kier alpha value is -2.88. The van der Waals surface area contributed by atoms with Crippen molar-refractivity contribution >= 4 is 49.1 Å². The first-order chi connectivity index (χ1) is 18.2. The van der Waals surface area contributed by atoms with Crippen molar-refractivity contribution in [3.8, 4) is 11.3 Å². The summed E-state index contributed by atoms with van der Waals surface area (Å²) in [5, 5.41) is 29.0. The molecule has 2 aromatic heterocycles. The van der Waals surface area contributed by atoms with E-state index in [9.17, 15) is 23.8 Å². The van der Waals surface area contributed by atoms with Crippen molar-refractivity contribution in [2.75, 3.05) is 25.7 Å². The monoisotopic (exact) mass is 609 g/mol. The number of thiazole rings is 1. The SMILES string of the molecule is CO[C@@H]1[C@@H](n2cc(-c3cc(F)c(Br)c(F)c3)nn2)[C@@H](O)[C@@H](CO)O[C@H]1C(=O)N(C)c1ccc2ncsc2c1. The number of aliphatic hydroxyl groups is 2. The zero-order valence-electron chi connectivity index (χ0n) is 20.0. The molecule has 10 nitrogen and oxygen atoms in total. The standard InChI is InChI=1S/C24H22BrF2N5O5S/c1-31(12-3-4-15-18(7-12)38-10-28-15)24(35)23-22(36-2)20(21(34)17(9-33)37-23)32-8-16(29-30-32)11-5-13(26)19(25)14(27)6-11/h3-8,10,17,20-23,33-34H,9H2,1-2H3/t17-,20+,21+,22-,23-/m1/s1. The molecular weight excluding hydrogens is 588 g/mol. The summed E-state index contributed by atoms with van der Waals surface area (Å²) in [5.41, 5.74) is 3.36. The summed E-state index contributed by atoms with van der Waals surface area (Å²) in [6, 6.07) is 6.53. The van der Waals surface area contributed by atoms with Gasteiger partial charge < -0.3 is 24.6 Å². The van der Waals surface area contributed by atoms with Gasteiger partial charge in [0.05, 0.1) is 33.0 Å². The highest BCUT2D eigenvalue weighted by molar-refractivity contribution is 9.10. The second kappa shape index (κ2) is 10.7. The summed E-state index contributed by atoms with van der Waals surface area (Å²) < 4.78 is 41.5. The molecule has 5 rings (SSSR count). The van der Waals surface area contributed by atoms with Crippen molar-refractivity contribution in [3.05, 3.63) is 58.1 Å². The van der Waals surface area contributed by atoms with Crippen molar-refractivity contribution in [2.24, 2.45) is 0 Å². The van der Waals surface area contributed by atoms with Crippen molar-refractivity contribution in [2.45, 2.75) is 30.5 Å². The molecule has 14 heteroatoms. The largest absolute Gasteiger partial charge is 0.394 e. The lowest BCUT2D eigenvalue weighted by Gasteiger charge is -2.43. The number of methoxy groups -OCH3 is 1. The van der Waals surface area contributed by atoms with Gasteiger partial charge in [-0.1, -0.05) is 5.21 Å². The Morgan fingerprint density at radius 1 is 1.29 bits per heavy atom. The number of aliphatic hydroxyl groups excluding tert-OH is 2. The molecule has 5 atom stereocenters. The van der Waals surface area contributed by atoms with Gasteiger partial charge >= 0.3 is 0 Å². The van der Waals surface area contributed by atoms with Crippen molar-refractivity contribution in [1.29, 1.82) is 0 Å². The predicted molar refractivity (Wildman–Crippen MR) is 138 cm³/mol. The molecule has 0 aliphatic carbocycles. The van der Waals surface area contributed by atoms with Crippen LogP contribution >= 0.6 is 27.3 Å². The Labute approximate surface area is 227 Å². The summed E-state index contributed by atoms with van der Waals surface area (Å²) >= 11 is 4.27. The molecule has 0 unspecified atom stereocenters. The van der Waals surface area contributed by atoms with Crippen LogP contribution in [0.1, 0.15) is 6.04 Å². The Morgan fingerprint density at radius 2 is 2.03 bits per heavy atom. The Bertz CT molecular complexity index is 1460. The highest BCUT2D eigenvalue weighted by Gasteiger charge is 2.50. The molecule has 2 aromatic carbocycles. The fraction of sp³-hybridized carbons (Fsp3) is 0.333. The molecule has 38 heavy (non-hydrogen) atoms. The number of amides is 1. The second-order valence-electron chi connectivity index (χ2n) is 8.70. The highest BCUT2D eigenvalue weighted by atomic mass is 79.9. The van der Waals surface area contributed by atoms with Crippen molar-refractivity contribution < 1.29 is 33.3 Å². The lowest BCUT2D eigenvalue weighted by Crippen LogP contribution is -2.60. The zero-order chi connectivity index (χ0) is 27.1. The molecule has 0 radical (unpaired) electrons. The van der Waals surface area contributed by atoms with Gasteiger partial charge in [0.25, 0.3) is 5.91 Å². The maximum atomic E-state index is 14.1. The number of halogens is 3. The number of anilines is 1. The van der Waals surface area contributed by atoms with Crippen molar-refractivity contribution in [3.63, 3.8) is 0 Å². The van der Waals surface area contributed by atoms with Gasteiger partial charge in [-0.2, -0.15) is 0 Å². The summed E-state index contributed by atoms with van der Waals surface area (Å²) in [6.07, 6.45) is -3.40. The average molecular weight is 610 g/mol. The molecule has 0 saturated carbocycles. The minimum absolute atomic E-state index is 0.120. The van der Waals surface area contributed by atoms with Crippen LogP contribution in [-0.4, -0.2) is 81.3 Å². The van der Waals surface area contributed by atoms with E-state index in [0.717, 1.165) is 22.3 Å². The Morgan fingerprint density at radius 3 is 2.71 bits per heavy atom. The van der Waals surface area contributed by atoms with Gasteiger partial charge in [0.2, 0.25) is 0 Å². The number of nitrogens with zero attached hydrogens (tertiary/aromatic N) is 5. The average Bonchev–Trinajstić information content (AvgIpc) is 3.59. The summed E-state index contributed by atoms with van der Waals surface area (Å²) in [5.74, 6) is -2.12. The van der Waals surface area contributed by atoms with Crippen LogP contribution in [0.25, 0.3) is 21.5 Å². The third-order valence-electron chi connectivity index (χ3n) is 6.51. The van der Waals surface area contributed by atoms with Crippen LogP contribution in [0.5, 0.6) is 0 Å². The molecule has 0 spiro atoms. The first kappa shape index (κ1) is 26.7. The number of carbonyl (C=O) groups is 1. The van der Waals surface area contributed by atoms with Crippen LogP contribution in [0.2, 0.25) is 0 Å². The van der Waals surface area contributed by atoms with E-state index in [-0.39, 0.29) is 15.7 Å². The van der Waals surface area contributed by atoms with Crippen LogP contribution in [0.4, 0.5) is 14.5 Å². The number of likely N-dealkylation sites (N-methyl/N-ethyl adjacent to an activating group) is 1. The number of fused-ring (bicyclic) bond motifs is 1. The van der Waals surface area contributed by atoms with Crippen molar-refractivity contribution in [1.82, 2.24) is 20.0 Å². The van der Waals surface area contributed by atoms with E-state index in [1.165, 1.54) is 34.2 Å². The highest BCUT2D eigenvalue weighted by Crippen LogP contribution is 2.35. The van der Waals surface area contributed by atoms with Gasteiger partial charge in [-0.15, -0.1) is 16.4 Å². The maximum absolute atomic E-state index is 14.1. The van der Waals surface area contributed by atoms with Crippen LogP contribution in [0.3, 0.4) is 0 Å². The second-order valence-corrected chi connectivity index (χ2v) is 10.4. The maximum Gasteiger partial charge on any atom is 0.258 e. The van der Waals surface area contributed by atoms with Gasteiger partial charge in [0, 0.05) is 25.4 Å². The third kappa shape index (κ3) is 4.72. The van der Waals surface area contributed by atoms with Crippen LogP contribution in [-0.2, 0) is 14.3 Å². The van der Waals surface area contributed by atoms with Crippen LogP contribution in [0, 0.1) is 11.6 Å². The topological polar surface area (TPSA) is 123 Å². The first-order valence-electron chi connectivity index (χ1n) is 11.4. The van der Waals surface area contributed by atoms with E-state index in [0.29, 0.717) is 5.69 Å². The van der Waals surface area contributed by atoms with Gasteiger partial charge in [0.15, 0.2) is 6.10 Å². The number of rotatable bonds is 6. The molecule has 1 aliphatic rings. The molecular formula is C24H22BrF2N5O5S. The quantitative estimate of drug-likeness (QED) is 0.320. The molecule has 0 bridgehead atoms. The fourth-order valence-electron chi connectivity index (χ4n) is 4.49. The molecule has 3 heterocycles. The molecule has 1 fully saturated rings. The fourth-order valence-corrected chi connectivity index (χ4v) is 5.43. The molecule has 2 N–H and O–H groups in total. The Balaban J connectivity index is 1.47. The third-order valence-corrected chi connectivity index (χ3v) is 8.06. The van der Waals surface area contributed by atoms with E-state index in [1.807, 2.05) is 6.07 Å². The first-order valence-corrected chi connectivity index (χ1v) is 13.1. The number of benzene rings is 2. The number of hydrogen-bond acceptors (Lipinski definition) is 9. The lowest BCUT2D eigenvalue weighted by molar-refractivity contribution is -0.211. The minimum atomic E-state index is -1.35. The normalized spacial score (nSPS) is 23.6. The lowest BCUT2D eigenvalue weighted by atomic mass is 9.91. The summed E-state index contributed by atoms with van der Waals surface area (Å²) in [7, 11) is 2.94. The van der Waals surface area contributed by atoms with Gasteiger partial charge in [0.1, 0.15) is 41.7 Å². The molecule has 1 saturated heterocycles. The van der Waals surface area contributed by atoms with E-state index in [2.05, 4.69) is 31.2 Å². The van der Waals surface area contributed by atoms with E-state index in [4.69, 9.17) is 9.47 Å². The minimum Gasteiger partial charge on any atom is -0.394 e. The van der Waals surface area contributed by atoms with E-state index < -0.39 is 54.6 Å². The number of hydrogen-bond donors (Lipinski definition) is 2. The molecule has 4 aromatic rings. The Kier molecular flexibility index (Phi) is 7.53. The number of aromatic nitrogens is 4. The smallest absolute Gasteiger partial charge is 0.258 e. The summed E-state index contributed by atoms with van der Waals surface area (Å²) in [4.78, 5) is 19.3. The molecule has 1 aliphatic heterocycles. The predicted octanol–water partition coefficient (Wildman–Crippen LogP) is 2.94. The van der Waals surface area contributed by atoms with E-state index in [1.54, 1.807) is 24.7 Å². The van der Waals surface area contributed by atoms with E-state index >= 15 is 0 Å². The number of carbonyl (C=O) groups excluding carboxylic acids is 1. The summed E-state index contributed by atoms with van der Waals surface area (Å²) in [6.45, 7) is -0.584. The zero-order valence-corrected chi connectivity index (χ0v) is 22.4. The van der Waals surface area contributed by atoms with Gasteiger partial charge in [-0.05, 0) is 46.3 Å². The van der Waals surface area contributed by atoms with Crippen LogP contribution < -0.4 is 4.90 Å².